The number of ether oxygens (including phenoxy) is 1. The third-order valence-electron chi connectivity index (χ3n) is 4.57. The lowest BCUT2D eigenvalue weighted by molar-refractivity contribution is -0.121. The highest BCUT2D eigenvalue weighted by Gasteiger charge is 2.11. The van der Waals surface area contributed by atoms with Gasteiger partial charge in [0.25, 0.3) is 0 Å². The summed E-state index contributed by atoms with van der Waals surface area (Å²) in [5.74, 6) is -0.317. The minimum absolute atomic E-state index is 0.0631. The van der Waals surface area contributed by atoms with Gasteiger partial charge in [0.15, 0.2) is 0 Å². The molecule has 138 valence electrons. The first-order valence-corrected chi connectivity index (χ1v) is 9.09. The average Bonchev–Trinajstić information content (AvgIpc) is 2.67. The number of morpholine rings is 1. The second kappa shape index (κ2) is 9.46. The van der Waals surface area contributed by atoms with Crippen LogP contribution in [0.15, 0.2) is 48.5 Å². The second-order valence-electron chi connectivity index (χ2n) is 6.58. The summed E-state index contributed by atoms with van der Waals surface area (Å²) in [6, 6.07) is 14.9. The highest BCUT2D eigenvalue weighted by Crippen LogP contribution is 2.11. The number of amides is 1. The Kier molecular flexibility index (Phi) is 6.75. The lowest BCUT2D eigenvalue weighted by Crippen LogP contribution is -2.35. The fraction of sp³-hybridized carbons (Fsp3) is 0.381. The topological polar surface area (TPSA) is 41.6 Å². The van der Waals surface area contributed by atoms with Crippen molar-refractivity contribution in [2.24, 2.45) is 0 Å². The van der Waals surface area contributed by atoms with Crippen molar-refractivity contribution in [1.29, 1.82) is 0 Å². The molecular formula is C21H25FN2O2. The van der Waals surface area contributed by atoms with Crippen molar-refractivity contribution in [2.75, 3.05) is 26.3 Å². The molecule has 3 rings (SSSR count). The van der Waals surface area contributed by atoms with E-state index in [0.717, 1.165) is 38.4 Å². The summed E-state index contributed by atoms with van der Waals surface area (Å²) in [7, 11) is 0. The van der Waals surface area contributed by atoms with Gasteiger partial charge in [-0.3, -0.25) is 9.69 Å². The number of nitrogens with one attached hydrogen (secondary N) is 1. The molecule has 0 bridgehead atoms. The van der Waals surface area contributed by atoms with Gasteiger partial charge in [0.1, 0.15) is 5.82 Å². The molecule has 1 saturated heterocycles. The molecule has 0 aromatic heterocycles. The van der Waals surface area contributed by atoms with Crippen LogP contribution in [0.25, 0.3) is 0 Å². The number of halogens is 1. The van der Waals surface area contributed by atoms with Crippen molar-refractivity contribution in [3.05, 3.63) is 71.0 Å². The number of hydrogen-bond donors (Lipinski definition) is 1. The monoisotopic (exact) mass is 356 g/mol. The van der Waals surface area contributed by atoms with E-state index in [4.69, 9.17) is 4.74 Å². The zero-order valence-electron chi connectivity index (χ0n) is 14.9. The lowest BCUT2D eigenvalue weighted by Gasteiger charge is -2.26. The third-order valence-corrected chi connectivity index (χ3v) is 4.57. The van der Waals surface area contributed by atoms with E-state index in [1.165, 1.54) is 11.6 Å². The summed E-state index contributed by atoms with van der Waals surface area (Å²) < 4.78 is 19.0. The van der Waals surface area contributed by atoms with Gasteiger partial charge in [-0.2, -0.15) is 0 Å². The Bertz CT molecular complexity index is 729. The van der Waals surface area contributed by atoms with E-state index in [9.17, 15) is 9.18 Å². The zero-order valence-corrected chi connectivity index (χ0v) is 14.9. The molecule has 0 spiro atoms. The van der Waals surface area contributed by atoms with Crippen LogP contribution < -0.4 is 5.32 Å². The lowest BCUT2D eigenvalue weighted by atomic mass is 10.1. The average molecular weight is 356 g/mol. The molecule has 26 heavy (non-hydrogen) atoms. The van der Waals surface area contributed by atoms with E-state index in [0.29, 0.717) is 18.5 Å². The van der Waals surface area contributed by atoms with E-state index in [1.807, 2.05) is 12.1 Å². The number of nitrogens with zero attached hydrogens (tertiary/aromatic N) is 1. The highest BCUT2D eigenvalue weighted by atomic mass is 19.1. The summed E-state index contributed by atoms with van der Waals surface area (Å²) in [6.07, 6.45) is 0.698. The number of carbonyl (C=O) groups is 1. The fourth-order valence-electron chi connectivity index (χ4n) is 3.09. The number of rotatable bonds is 7. The molecule has 1 N–H and O–H groups in total. The molecule has 0 saturated carbocycles. The predicted octanol–water partition coefficient (Wildman–Crippen LogP) is 2.91. The quantitative estimate of drug-likeness (QED) is 0.829. The molecule has 0 radical (unpaired) electrons. The normalized spacial score (nSPS) is 15.0. The number of carbonyl (C=O) groups excluding carboxylic acids is 1. The van der Waals surface area contributed by atoms with Gasteiger partial charge in [-0.25, -0.2) is 4.39 Å². The van der Waals surface area contributed by atoms with Crippen LogP contribution in [0.3, 0.4) is 0 Å². The van der Waals surface area contributed by atoms with Crippen molar-refractivity contribution < 1.29 is 13.9 Å². The number of aryl methyl sites for hydroxylation is 1. The Labute approximate surface area is 154 Å². The van der Waals surface area contributed by atoms with Gasteiger partial charge in [-0.1, -0.05) is 42.5 Å². The maximum atomic E-state index is 13.6. The maximum absolute atomic E-state index is 13.6. The van der Waals surface area contributed by atoms with Crippen LogP contribution >= 0.6 is 0 Å². The Morgan fingerprint density at radius 3 is 2.65 bits per heavy atom. The molecule has 1 heterocycles. The standard InChI is InChI=1S/C21H25FN2O2/c22-20-7-2-1-6-19(20)8-9-21(25)23-15-17-4-3-5-18(14-17)16-24-10-12-26-13-11-24/h1-7,14H,8-13,15-16H2,(H,23,25). The minimum Gasteiger partial charge on any atom is -0.379 e. The van der Waals surface area contributed by atoms with Crippen LogP contribution in [0, 0.1) is 5.82 Å². The van der Waals surface area contributed by atoms with Crippen molar-refractivity contribution in [1.82, 2.24) is 10.2 Å². The highest BCUT2D eigenvalue weighted by molar-refractivity contribution is 5.76. The summed E-state index contributed by atoms with van der Waals surface area (Å²) in [5, 5.41) is 2.92. The smallest absolute Gasteiger partial charge is 0.220 e. The van der Waals surface area contributed by atoms with E-state index in [1.54, 1.807) is 18.2 Å². The molecule has 0 aliphatic carbocycles. The molecule has 0 atom stereocenters. The summed E-state index contributed by atoms with van der Waals surface area (Å²) >= 11 is 0. The van der Waals surface area contributed by atoms with Crippen molar-refractivity contribution >= 4 is 5.91 Å². The van der Waals surface area contributed by atoms with Crippen LogP contribution in [-0.4, -0.2) is 37.1 Å². The largest absolute Gasteiger partial charge is 0.379 e. The molecule has 2 aromatic rings. The SMILES string of the molecule is O=C(CCc1ccccc1F)NCc1cccc(CN2CCOCC2)c1. The van der Waals surface area contributed by atoms with Crippen molar-refractivity contribution in [3.63, 3.8) is 0 Å². The van der Waals surface area contributed by atoms with E-state index < -0.39 is 0 Å². The van der Waals surface area contributed by atoms with Crippen molar-refractivity contribution in [3.8, 4) is 0 Å². The molecule has 2 aromatic carbocycles. The van der Waals surface area contributed by atoms with Crippen LogP contribution in [0.4, 0.5) is 4.39 Å². The van der Waals surface area contributed by atoms with E-state index in [-0.39, 0.29) is 18.1 Å². The van der Waals surface area contributed by atoms with Gasteiger partial charge in [0.05, 0.1) is 13.2 Å². The maximum Gasteiger partial charge on any atom is 0.220 e. The van der Waals surface area contributed by atoms with Gasteiger partial charge < -0.3 is 10.1 Å². The fourth-order valence-corrected chi connectivity index (χ4v) is 3.09. The van der Waals surface area contributed by atoms with Crippen LogP contribution in [0.1, 0.15) is 23.1 Å². The predicted molar refractivity (Wildman–Crippen MR) is 99.1 cm³/mol. The van der Waals surface area contributed by atoms with Crippen molar-refractivity contribution in [2.45, 2.75) is 25.9 Å². The number of benzene rings is 2. The Hall–Kier alpha value is -2.24. The van der Waals surface area contributed by atoms with Crippen LogP contribution in [-0.2, 0) is 29.0 Å². The minimum atomic E-state index is -0.254. The van der Waals surface area contributed by atoms with Gasteiger partial charge in [0, 0.05) is 32.6 Å². The molecule has 1 aliphatic rings. The molecular weight excluding hydrogens is 331 g/mol. The molecule has 0 unspecified atom stereocenters. The first kappa shape index (κ1) is 18.5. The summed E-state index contributed by atoms with van der Waals surface area (Å²) in [4.78, 5) is 14.4. The third kappa shape index (κ3) is 5.64. The van der Waals surface area contributed by atoms with Gasteiger partial charge >= 0.3 is 0 Å². The molecule has 1 fully saturated rings. The molecule has 4 nitrogen and oxygen atoms in total. The Balaban J connectivity index is 1.45. The summed E-state index contributed by atoms with van der Waals surface area (Å²) in [6.45, 7) is 4.88. The second-order valence-corrected chi connectivity index (χ2v) is 6.58. The van der Waals surface area contributed by atoms with Gasteiger partial charge in [-0.15, -0.1) is 0 Å². The Morgan fingerprint density at radius 1 is 1.08 bits per heavy atom. The molecule has 5 heteroatoms. The Morgan fingerprint density at radius 2 is 1.85 bits per heavy atom. The number of hydrogen-bond acceptors (Lipinski definition) is 3. The first-order valence-electron chi connectivity index (χ1n) is 9.09. The van der Waals surface area contributed by atoms with E-state index >= 15 is 0 Å². The van der Waals surface area contributed by atoms with Crippen LogP contribution in [0.5, 0.6) is 0 Å². The van der Waals surface area contributed by atoms with E-state index in [2.05, 4.69) is 22.3 Å². The molecule has 1 amide bonds. The van der Waals surface area contributed by atoms with Gasteiger partial charge in [-0.05, 0) is 29.2 Å². The van der Waals surface area contributed by atoms with Crippen LogP contribution in [0.2, 0.25) is 0 Å². The van der Waals surface area contributed by atoms with Gasteiger partial charge in [0.2, 0.25) is 5.91 Å². The summed E-state index contributed by atoms with van der Waals surface area (Å²) in [5.41, 5.74) is 2.90. The zero-order chi connectivity index (χ0) is 18.2. The first-order chi connectivity index (χ1) is 12.7. The molecule has 1 aliphatic heterocycles.